The topological polar surface area (TPSA) is 83.7 Å². The Morgan fingerprint density at radius 2 is 1.97 bits per heavy atom. The Bertz CT molecular complexity index is 997. The van der Waals surface area contributed by atoms with Gasteiger partial charge in [-0.2, -0.15) is 15.6 Å². The molecule has 1 spiro atoms. The molecule has 2 aliphatic rings. The summed E-state index contributed by atoms with van der Waals surface area (Å²) in [6.45, 7) is 5.60. The molecule has 0 aliphatic carbocycles. The van der Waals surface area contributed by atoms with Gasteiger partial charge in [-0.1, -0.05) is 5.16 Å². The molecule has 9 heteroatoms. The van der Waals surface area contributed by atoms with Crippen LogP contribution in [-0.2, 0) is 14.8 Å². The van der Waals surface area contributed by atoms with Crippen molar-refractivity contribution in [3.63, 3.8) is 0 Å². The van der Waals surface area contributed by atoms with Crippen LogP contribution in [0.2, 0.25) is 0 Å². The van der Waals surface area contributed by atoms with E-state index >= 15 is 0 Å². The van der Waals surface area contributed by atoms with E-state index in [0.29, 0.717) is 37.6 Å². The fraction of sp³-hybridized carbons (Fsp3) is 0.500. The van der Waals surface area contributed by atoms with E-state index in [2.05, 4.69) is 5.16 Å². The lowest BCUT2D eigenvalue weighted by Crippen LogP contribution is -2.44. The molecule has 2 fully saturated rings. The highest BCUT2D eigenvalue weighted by Crippen LogP contribution is 2.42. The van der Waals surface area contributed by atoms with Crippen molar-refractivity contribution in [1.82, 2.24) is 14.4 Å². The summed E-state index contributed by atoms with van der Waals surface area (Å²) in [6.07, 6.45) is 5.93. The van der Waals surface area contributed by atoms with E-state index in [0.717, 1.165) is 24.8 Å². The summed E-state index contributed by atoms with van der Waals surface area (Å²) in [6, 6.07) is 1.98. The van der Waals surface area contributed by atoms with E-state index in [9.17, 15) is 13.2 Å². The molecule has 4 heterocycles. The van der Waals surface area contributed by atoms with Crippen molar-refractivity contribution >= 4 is 33.3 Å². The first-order valence-corrected chi connectivity index (χ1v) is 12.1. The lowest BCUT2D eigenvalue weighted by atomic mass is 9.78. The molecule has 1 amide bonds. The normalized spacial score (nSPS) is 20.1. The maximum absolute atomic E-state index is 13.1. The number of likely N-dealkylation sites (tertiary alicyclic amines) is 1. The number of hydrogen-bond acceptors (Lipinski definition) is 6. The predicted molar refractivity (Wildman–Crippen MR) is 111 cm³/mol. The molecular formula is C20H25N3O4S2. The van der Waals surface area contributed by atoms with Crippen LogP contribution < -0.4 is 0 Å². The molecule has 4 rings (SSSR count). The number of carbonyl (C=O) groups excluding carboxylic acids is 1. The smallest absolute Gasteiger partial charge is 0.248 e. The third kappa shape index (κ3) is 3.91. The minimum absolute atomic E-state index is 0.0178. The fourth-order valence-electron chi connectivity index (χ4n) is 4.32. The highest BCUT2D eigenvalue weighted by atomic mass is 32.2. The van der Waals surface area contributed by atoms with Crippen LogP contribution in [0.15, 0.2) is 32.3 Å². The van der Waals surface area contributed by atoms with Crippen LogP contribution in [0.4, 0.5) is 0 Å². The molecule has 0 radical (unpaired) electrons. The molecule has 0 atom stereocenters. The second-order valence-corrected chi connectivity index (χ2v) is 10.6. The van der Waals surface area contributed by atoms with Crippen molar-refractivity contribution < 1.29 is 17.7 Å². The molecule has 2 aromatic heterocycles. The number of thiophene rings is 1. The van der Waals surface area contributed by atoms with Crippen molar-refractivity contribution in [2.24, 2.45) is 5.41 Å². The maximum atomic E-state index is 13.1. The van der Waals surface area contributed by atoms with Crippen molar-refractivity contribution in [1.29, 1.82) is 0 Å². The molecule has 156 valence electrons. The second kappa shape index (κ2) is 7.70. The van der Waals surface area contributed by atoms with Crippen molar-refractivity contribution in [2.45, 2.75) is 38.0 Å². The molecule has 29 heavy (non-hydrogen) atoms. The van der Waals surface area contributed by atoms with Gasteiger partial charge in [-0.05, 0) is 67.0 Å². The Labute approximate surface area is 175 Å². The summed E-state index contributed by atoms with van der Waals surface area (Å²) in [5, 5.41) is 7.78. The van der Waals surface area contributed by atoms with Gasteiger partial charge >= 0.3 is 0 Å². The Morgan fingerprint density at radius 1 is 1.24 bits per heavy atom. The van der Waals surface area contributed by atoms with Crippen LogP contribution in [0.1, 0.15) is 36.3 Å². The summed E-state index contributed by atoms with van der Waals surface area (Å²) in [7, 11) is -3.61. The maximum Gasteiger partial charge on any atom is 0.248 e. The van der Waals surface area contributed by atoms with Gasteiger partial charge in [0.1, 0.15) is 10.6 Å². The van der Waals surface area contributed by atoms with Gasteiger partial charge in [0.25, 0.3) is 0 Å². The molecule has 0 saturated carbocycles. The number of nitrogens with zero attached hydrogens (tertiary/aromatic N) is 3. The molecular weight excluding hydrogens is 410 g/mol. The van der Waals surface area contributed by atoms with Gasteiger partial charge in [0.2, 0.25) is 15.9 Å². The first kappa shape index (κ1) is 20.3. The first-order chi connectivity index (χ1) is 13.8. The van der Waals surface area contributed by atoms with Crippen molar-refractivity contribution in [3.8, 4) is 0 Å². The Hall–Kier alpha value is -1.97. The predicted octanol–water partition coefficient (Wildman–Crippen LogP) is 3.07. The molecule has 2 aliphatic heterocycles. The summed E-state index contributed by atoms with van der Waals surface area (Å²) >= 11 is 1.60. The average Bonchev–Trinajstić information content (AvgIpc) is 3.42. The van der Waals surface area contributed by atoms with Gasteiger partial charge in [-0.25, -0.2) is 8.42 Å². The van der Waals surface area contributed by atoms with Crippen LogP contribution in [-0.4, -0.2) is 54.9 Å². The van der Waals surface area contributed by atoms with Gasteiger partial charge in [-0.15, -0.1) is 0 Å². The minimum atomic E-state index is -3.61. The number of aryl methyl sites for hydroxylation is 2. The van der Waals surface area contributed by atoms with Crippen LogP contribution in [0.25, 0.3) is 6.08 Å². The van der Waals surface area contributed by atoms with Crippen LogP contribution in [0.5, 0.6) is 0 Å². The first-order valence-electron chi connectivity index (χ1n) is 9.73. The van der Waals surface area contributed by atoms with Crippen LogP contribution >= 0.6 is 11.3 Å². The largest absolute Gasteiger partial charge is 0.360 e. The third-order valence-electron chi connectivity index (χ3n) is 6.07. The number of rotatable bonds is 4. The number of aromatic nitrogens is 1. The number of piperidine rings is 1. The number of sulfonamides is 1. The van der Waals surface area contributed by atoms with Gasteiger partial charge in [0.05, 0.1) is 0 Å². The molecule has 0 bridgehead atoms. The highest BCUT2D eigenvalue weighted by Gasteiger charge is 2.46. The molecule has 0 unspecified atom stereocenters. The molecule has 2 aromatic rings. The van der Waals surface area contributed by atoms with E-state index in [1.54, 1.807) is 35.6 Å². The number of amides is 1. The Kier molecular flexibility index (Phi) is 5.39. The van der Waals surface area contributed by atoms with Gasteiger partial charge in [0, 0.05) is 32.3 Å². The summed E-state index contributed by atoms with van der Waals surface area (Å²) < 4.78 is 32.8. The zero-order valence-electron chi connectivity index (χ0n) is 16.6. The van der Waals surface area contributed by atoms with Gasteiger partial charge in [-0.3, -0.25) is 4.79 Å². The van der Waals surface area contributed by atoms with Gasteiger partial charge in [0.15, 0.2) is 5.76 Å². The minimum Gasteiger partial charge on any atom is -0.360 e. The van der Waals surface area contributed by atoms with Crippen molar-refractivity contribution in [3.05, 3.63) is 39.9 Å². The van der Waals surface area contributed by atoms with E-state index < -0.39 is 10.0 Å². The summed E-state index contributed by atoms with van der Waals surface area (Å²) in [5.41, 5.74) is 1.38. The molecule has 0 N–H and O–H groups in total. The zero-order chi connectivity index (χ0) is 20.6. The Balaban J connectivity index is 1.39. The van der Waals surface area contributed by atoms with Crippen LogP contribution in [0.3, 0.4) is 0 Å². The lowest BCUT2D eigenvalue weighted by molar-refractivity contribution is -0.128. The average molecular weight is 436 g/mol. The van der Waals surface area contributed by atoms with Gasteiger partial charge < -0.3 is 9.42 Å². The number of hydrogen-bond donors (Lipinski definition) is 0. The monoisotopic (exact) mass is 435 g/mol. The molecule has 0 aromatic carbocycles. The highest BCUT2D eigenvalue weighted by molar-refractivity contribution is 7.89. The van der Waals surface area contributed by atoms with E-state index in [1.807, 2.05) is 27.8 Å². The standard InChI is InChI=1S/C20H25N3O4S2/c1-15-19(16(2)27-21-15)29(25,26)23-11-8-20(14-23)6-9-22(10-7-20)18(24)4-3-17-5-12-28-13-17/h3-5,12-13H,6-11,14H2,1-2H3/b4-3+. The quantitative estimate of drug-likeness (QED) is 0.689. The fourth-order valence-corrected chi connectivity index (χ4v) is 6.80. The third-order valence-corrected chi connectivity index (χ3v) is 8.86. The van der Waals surface area contributed by atoms with Crippen molar-refractivity contribution in [2.75, 3.05) is 26.2 Å². The second-order valence-electron chi connectivity index (χ2n) is 7.96. The number of carbonyl (C=O) groups is 1. The Morgan fingerprint density at radius 3 is 2.59 bits per heavy atom. The van der Waals surface area contributed by atoms with E-state index in [4.69, 9.17) is 4.52 Å². The summed E-state index contributed by atoms with van der Waals surface area (Å²) in [5.74, 6) is 0.352. The molecule has 2 saturated heterocycles. The lowest BCUT2D eigenvalue weighted by Gasteiger charge is -2.39. The van der Waals surface area contributed by atoms with E-state index in [-0.39, 0.29) is 16.2 Å². The van der Waals surface area contributed by atoms with E-state index in [1.165, 1.54) is 0 Å². The van der Waals surface area contributed by atoms with Crippen LogP contribution in [0, 0.1) is 19.3 Å². The summed E-state index contributed by atoms with van der Waals surface area (Å²) in [4.78, 5) is 14.5. The molecule has 7 nitrogen and oxygen atoms in total. The SMILES string of the molecule is Cc1noc(C)c1S(=O)(=O)N1CCC2(CCN(C(=O)/C=C/c3ccsc3)CC2)C1. The zero-order valence-corrected chi connectivity index (χ0v) is 18.3.